The summed E-state index contributed by atoms with van der Waals surface area (Å²) in [6.07, 6.45) is 0.869. The number of benzene rings is 1. The van der Waals surface area contributed by atoms with Crippen LogP contribution in [0.1, 0.15) is 25.8 Å². The molecule has 25 heavy (non-hydrogen) atoms. The quantitative estimate of drug-likeness (QED) is 0.608. The average Bonchev–Trinajstić information content (AvgIpc) is 2.60. The van der Waals surface area contributed by atoms with Crippen LogP contribution >= 0.6 is 23.1 Å². The number of carbonyl (C=O) groups is 1. The van der Waals surface area contributed by atoms with E-state index in [1.54, 1.807) is 0 Å². The van der Waals surface area contributed by atoms with Gasteiger partial charge in [-0.15, -0.1) is 0 Å². The highest BCUT2D eigenvalue weighted by Gasteiger charge is 2.10. The molecule has 6 heteroatoms. The molecule has 2 aromatic rings. The molecule has 0 bridgehead atoms. The van der Waals surface area contributed by atoms with Gasteiger partial charge in [0.05, 0.1) is 13.2 Å². The lowest BCUT2D eigenvalue weighted by Gasteiger charge is -2.10. The Morgan fingerprint density at radius 2 is 2.04 bits per heavy atom. The first-order valence-corrected chi connectivity index (χ1v) is 10.2. The lowest BCUT2D eigenvalue weighted by Crippen LogP contribution is -2.11. The number of rotatable bonds is 9. The van der Waals surface area contributed by atoms with Crippen LogP contribution in [0, 0.1) is 12.8 Å². The van der Waals surface area contributed by atoms with Crippen LogP contribution in [0.15, 0.2) is 29.1 Å². The molecule has 1 unspecified atom stereocenters. The van der Waals surface area contributed by atoms with Crippen molar-refractivity contribution in [2.45, 2.75) is 27.2 Å². The van der Waals surface area contributed by atoms with Crippen molar-refractivity contribution in [1.29, 1.82) is 0 Å². The van der Waals surface area contributed by atoms with E-state index in [-0.39, 0.29) is 15.8 Å². The van der Waals surface area contributed by atoms with Crippen LogP contribution in [0.25, 0.3) is 10.1 Å². The van der Waals surface area contributed by atoms with E-state index in [2.05, 4.69) is 0 Å². The predicted molar refractivity (Wildman–Crippen MR) is 106 cm³/mol. The fraction of sp³-hybridized carbons (Fsp3) is 0.474. The van der Waals surface area contributed by atoms with E-state index < -0.39 is 0 Å². The second-order valence-electron chi connectivity index (χ2n) is 5.87. The molecule has 1 atom stereocenters. The first-order valence-electron chi connectivity index (χ1n) is 8.43. The van der Waals surface area contributed by atoms with E-state index in [1.165, 1.54) is 29.2 Å². The molecule has 0 aliphatic rings. The van der Waals surface area contributed by atoms with Gasteiger partial charge in [-0.1, -0.05) is 48.6 Å². The molecule has 4 nitrogen and oxygen atoms in total. The van der Waals surface area contributed by atoms with Crippen molar-refractivity contribution < 1.29 is 14.3 Å². The minimum absolute atomic E-state index is 0.0211. The molecule has 1 aromatic heterocycles. The lowest BCUT2D eigenvalue weighted by atomic mass is 10.1. The van der Waals surface area contributed by atoms with Crippen molar-refractivity contribution in [3.63, 3.8) is 0 Å². The van der Waals surface area contributed by atoms with Crippen LogP contribution in [-0.2, 0) is 9.53 Å². The summed E-state index contributed by atoms with van der Waals surface area (Å²) < 4.78 is 12.2. The first kappa shape index (κ1) is 19.9. The zero-order valence-corrected chi connectivity index (χ0v) is 16.5. The van der Waals surface area contributed by atoms with Crippen molar-refractivity contribution in [2.24, 2.45) is 5.92 Å². The van der Waals surface area contributed by atoms with Crippen molar-refractivity contribution in [2.75, 3.05) is 25.6 Å². The fourth-order valence-electron chi connectivity index (χ4n) is 2.19. The molecule has 0 fully saturated rings. The molecular formula is C19H24O4S2. The Bertz CT molecular complexity index is 770. The van der Waals surface area contributed by atoms with Gasteiger partial charge in [0.1, 0.15) is 12.4 Å². The van der Waals surface area contributed by atoms with E-state index >= 15 is 0 Å². The molecule has 2 rings (SSSR count). The number of carbonyl (C=O) groups excluding carboxylic acids is 1. The first-order chi connectivity index (χ1) is 12.0. The van der Waals surface area contributed by atoms with Crippen LogP contribution in [0.3, 0.4) is 0 Å². The summed E-state index contributed by atoms with van der Waals surface area (Å²) in [5.41, 5.74) is 1.13. The molecule has 1 aromatic carbocycles. The highest BCUT2D eigenvalue weighted by atomic mass is 32.2. The third-order valence-electron chi connectivity index (χ3n) is 3.83. The molecule has 0 radical (unpaired) electrons. The standard InChI is InChI=1S/C19H24O4S2/c1-4-14(3)19(21)24-10-9-22-7-8-23-16-12-18(20)25-17-6-5-13(2)11-15(16)17/h5-6,11-12,14H,4,7-10H2,1-3H3. The summed E-state index contributed by atoms with van der Waals surface area (Å²) in [6, 6.07) is 7.50. The van der Waals surface area contributed by atoms with Gasteiger partial charge in [-0.25, -0.2) is 0 Å². The molecule has 1 heterocycles. The Morgan fingerprint density at radius 3 is 2.80 bits per heavy atom. The van der Waals surface area contributed by atoms with Crippen LogP contribution < -0.4 is 9.48 Å². The normalized spacial score (nSPS) is 12.3. The Hall–Kier alpha value is -1.37. The number of hydrogen-bond donors (Lipinski definition) is 0. The largest absolute Gasteiger partial charge is 0.490 e. The van der Waals surface area contributed by atoms with E-state index in [0.717, 1.165) is 22.1 Å². The van der Waals surface area contributed by atoms with Gasteiger partial charge in [-0.3, -0.25) is 9.59 Å². The van der Waals surface area contributed by atoms with Crippen LogP contribution in [-0.4, -0.2) is 30.7 Å². The summed E-state index contributed by atoms with van der Waals surface area (Å²) in [6.45, 7) is 7.29. The summed E-state index contributed by atoms with van der Waals surface area (Å²) >= 11 is 2.54. The minimum Gasteiger partial charge on any atom is -0.490 e. The van der Waals surface area contributed by atoms with Gasteiger partial charge in [-0.2, -0.15) is 0 Å². The van der Waals surface area contributed by atoms with Gasteiger partial charge in [0.25, 0.3) is 0 Å². The monoisotopic (exact) mass is 380 g/mol. The number of aryl methyl sites for hydroxylation is 1. The number of thioether (sulfide) groups is 1. The third kappa shape index (κ3) is 6.13. The van der Waals surface area contributed by atoms with E-state index in [0.29, 0.717) is 31.3 Å². The van der Waals surface area contributed by atoms with Crippen molar-refractivity contribution in [3.05, 3.63) is 39.4 Å². The van der Waals surface area contributed by atoms with E-state index in [9.17, 15) is 9.59 Å². The summed E-state index contributed by atoms with van der Waals surface area (Å²) in [4.78, 5) is 23.5. The molecule has 0 amide bonds. The molecule has 0 N–H and O–H groups in total. The maximum atomic E-state index is 11.8. The van der Waals surface area contributed by atoms with Gasteiger partial charge in [0, 0.05) is 27.8 Å². The summed E-state index contributed by atoms with van der Waals surface area (Å²) in [7, 11) is 0. The predicted octanol–water partition coefficient (Wildman–Crippen LogP) is 4.27. The Labute approximate surface area is 156 Å². The number of ether oxygens (including phenoxy) is 2. The highest BCUT2D eigenvalue weighted by molar-refractivity contribution is 8.13. The van der Waals surface area contributed by atoms with Gasteiger partial charge in [-0.05, 0) is 25.5 Å². The molecule has 0 aliphatic carbocycles. The Morgan fingerprint density at radius 1 is 1.24 bits per heavy atom. The topological polar surface area (TPSA) is 52.6 Å². The maximum absolute atomic E-state index is 11.8. The van der Waals surface area contributed by atoms with Gasteiger partial charge >= 0.3 is 0 Å². The highest BCUT2D eigenvalue weighted by Crippen LogP contribution is 2.27. The minimum atomic E-state index is -0.0211. The van der Waals surface area contributed by atoms with Crippen LogP contribution in [0.4, 0.5) is 0 Å². The third-order valence-corrected chi connectivity index (χ3v) is 5.78. The number of fused-ring (bicyclic) bond motifs is 1. The SMILES string of the molecule is CCC(C)C(=O)SCCOCCOc1cc(=O)sc2ccc(C)cc12. The summed E-state index contributed by atoms with van der Waals surface area (Å²) in [5, 5.41) is 1.18. The zero-order chi connectivity index (χ0) is 18.2. The van der Waals surface area contributed by atoms with Gasteiger partial charge < -0.3 is 9.47 Å². The fourth-order valence-corrected chi connectivity index (χ4v) is 3.83. The Balaban J connectivity index is 1.77. The number of hydrogen-bond acceptors (Lipinski definition) is 6. The molecule has 0 saturated carbocycles. The van der Waals surface area contributed by atoms with Gasteiger partial charge in [0.15, 0.2) is 5.12 Å². The molecular weight excluding hydrogens is 356 g/mol. The summed E-state index contributed by atoms with van der Waals surface area (Å²) in [5.74, 6) is 1.36. The second kappa shape index (κ2) is 9.94. The molecule has 0 spiro atoms. The van der Waals surface area contributed by atoms with E-state index in [4.69, 9.17) is 9.47 Å². The molecule has 136 valence electrons. The average molecular weight is 381 g/mol. The van der Waals surface area contributed by atoms with Crippen LogP contribution in [0.5, 0.6) is 5.75 Å². The molecule has 0 aliphatic heterocycles. The van der Waals surface area contributed by atoms with Gasteiger partial charge in [0.2, 0.25) is 4.74 Å². The van der Waals surface area contributed by atoms with Crippen LogP contribution in [0.2, 0.25) is 0 Å². The molecule has 0 saturated heterocycles. The zero-order valence-electron chi connectivity index (χ0n) is 14.9. The Kier molecular flexibility index (Phi) is 7.93. The smallest absolute Gasteiger partial charge is 0.236 e. The van der Waals surface area contributed by atoms with Crippen molar-refractivity contribution >= 4 is 38.3 Å². The van der Waals surface area contributed by atoms with Crippen molar-refractivity contribution in [1.82, 2.24) is 0 Å². The second-order valence-corrected chi connectivity index (χ2v) is 8.01. The lowest BCUT2D eigenvalue weighted by molar-refractivity contribution is -0.114. The van der Waals surface area contributed by atoms with E-state index in [1.807, 2.05) is 39.0 Å². The van der Waals surface area contributed by atoms with Crippen molar-refractivity contribution in [3.8, 4) is 5.75 Å². The maximum Gasteiger partial charge on any atom is 0.236 e.